The van der Waals surface area contributed by atoms with Crippen molar-refractivity contribution < 1.29 is 37.9 Å². The number of ether oxygens (including phenoxy) is 8. The summed E-state index contributed by atoms with van der Waals surface area (Å²) in [5.74, 6) is 12.2. The molecular weight excluding hydrogens is 1490 g/mol. The molecule has 632 valence electrons. The van der Waals surface area contributed by atoms with Gasteiger partial charge >= 0.3 is 0 Å². The summed E-state index contributed by atoms with van der Waals surface area (Å²) in [7, 11) is 0. The van der Waals surface area contributed by atoms with E-state index in [1.807, 2.05) is 0 Å². The lowest BCUT2D eigenvalue weighted by atomic mass is 9.77. The quantitative estimate of drug-likeness (QED) is 0.0267. The molecule has 0 saturated carbocycles. The van der Waals surface area contributed by atoms with Crippen molar-refractivity contribution in [2.75, 3.05) is 0 Å². The number of H-pyrrole nitrogens is 4. The van der Waals surface area contributed by atoms with Gasteiger partial charge in [-0.2, -0.15) is 0 Å². The van der Waals surface area contributed by atoms with Gasteiger partial charge in [0.1, 0.15) is 69.3 Å². The number of hydrogen-bond acceptors (Lipinski definition) is 12. The first-order valence-corrected chi connectivity index (χ1v) is 47.3. The predicted molar refractivity (Wildman–Crippen MR) is 485 cm³/mol. The Morgan fingerprint density at radius 3 is 0.533 bits per heavy atom. The van der Waals surface area contributed by atoms with Gasteiger partial charge < -0.3 is 57.8 Å². The van der Waals surface area contributed by atoms with Gasteiger partial charge in [-0.3, -0.25) is 0 Å². The van der Waals surface area contributed by atoms with Crippen LogP contribution in [-0.4, -0.2) is 39.9 Å². The molecule has 4 unspecified atom stereocenters. The van der Waals surface area contributed by atoms with Gasteiger partial charge in [-0.15, -0.1) is 0 Å². The minimum Gasteiger partial charge on any atom is -0.453 e. The van der Waals surface area contributed by atoms with Crippen LogP contribution in [0.3, 0.4) is 0 Å². The summed E-state index contributed by atoms with van der Waals surface area (Å²) in [4.78, 5) is 36.3. The highest BCUT2D eigenvalue weighted by molar-refractivity contribution is 5.85. The molecule has 4 N–H and O–H groups in total. The largest absolute Gasteiger partial charge is 0.453 e. The van der Waals surface area contributed by atoms with Crippen molar-refractivity contribution in [2.24, 2.45) is 0 Å². The van der Waals surface area contributed by atoms with E-state index >= 15 is 0 Å². The minimum atomic E-state index is -0.293. The van der Waals surface area contributed by atoms with Gasteiger partial charge in [0.25, 0.3) is 0 Å². The van der Waals surface area contributed by atoms with E-state index in [1.165, 1.54) is 154 Å². The number of aryl methyl sites for hydroxylation is 4. The molecule has 0 amide bonds. The van der Waals surface area contributed by atoms with Crippen molar-refractivity contribution in [1.29, 1.82) is 0 Å². The third kappa shape index (κ3) is 18.0. The SMILES string of the molecule is CCCCCCCCCCc1nc2cc3c(cc2[nH]1)Oc1cc2c4cc1C(CC)c1cc5c(cc1O3)Oc1cc3nc(CCCCCCCCCC)[nH]c3cc1Oc1cc3c(cc1C5CC)C(CC)c1cc(c(cc1Oc1cc5nc(CCCCCCCCCC)[nH]c5cc1O3)Oc1cc3[nH]c(CCCCCCCCCC)nc3cc1O2)C4CC. The first kappa shape index (κ1) is 82.4. The van der Waals surface area contributed by atoms with Crippen LogP contribution < -0.4 is 37.9 Å². The molecule has 16 heteroatoms. The molecule has 8 heterocycles. The third-order valence-corrected chi connectivity index (χ3v) is 26.4. The number of unbranched alkanes of at least 4 members (excludes halogenated alkanes) is 28. The van der Waals surface area contributed by atoms with Crippen LogP contribution in [0.1, 0.15) is 378 Å². The molecule has 16 nitrogen and oxygen atoms in total. The second-order valence-corrected chi connectivity index (χ2v) is 35.3. The molecule has 4 aliphatic heterocycles. The zero-order valence-electron chi connectivity index (χ0n) is 72.9. The van der Waals surface area contributed by atoms with Gasteiger partial charge in [0, 0.05) is 167 Å². The lowest BCUT2D eigenvalue weighted by Crippen LogP contribution is -2.12. The fourth-order valence-corrected chi connectivity index (χ4v) is 19.7. The maximum absolute atomic E-state index is 7.68. The molecule has 0 saturated heterocycles. The van der Waals surface area contributed by atoms with E-state index in [1.54, 1.807) is 0 Å². The molecule has 0 fully saturated rings. The predicted octanol–water partition coefficient (Wildman–Crippen LogP) is 32.0. The van der Waals surface area contributed by atoms with Crippen molar-refractivity contribution in [1.82, 2.24) is 39.9 Å². The molecule has 5 aliphatic rings. The molecule has 17 rings (SSSR count). The van der Waals surface area contributed by atoms with Crippen LogP contribution in [-0.2, 0) is 25.7 Å². The normalized spacial score (nSPS) is 15.9. The zero-order chi connectivity index (χ0) is 82.0. The summed E-state index contributed by atoms with van der Waals surface area (Å²) in [6.45, 7) is 18.3. The number of benzene rings is 8. The van der Waals surface area contributed by atoms with Gasteiger partial charge in [0.15, 0.2) is 46.0 Å². The Kier molecular flexibility index (Phi) is 26.4. The van der Waals surface area contributed by atoms with Gasteiger partial charge in [-0.25, -0.2) is 19.9 Å². The van der Waals surface area contributed by atoms with Crippen molar-refractivity contribution in [3.05, 3.63) is 165 Å². The van der Waals surface area contributed by atoms with Crippen LogP contribution in [0.4, 0.5) is 0 Å². The molecule has 12 aromatic rings. The molecule has 8 bridgehead atoms. The van der Waals surface area contributed by atoms with Crippen molar-refractivity contribution in [2.45, 2.75) is 336 Å². The molecule has 0 spiro atoms. The fourth-order valence-electron chi connectivity index (χ4n) is 19.7. The van der Waals surface area contributed by atoms with Gasteiger partial charge in [-0.1, -0.05) is 235 Å². The van der Waals surface area contributed by atoms with E-state index in [0.717, 1.165) is 189 Å². The Balaban J connectivity index is 0.870. The minimum absolute atomic E-state index is 0.292. The van der Waals surface area contributed by atoms with Crippen LogP contribution in [0.25, 0.3) is 44.1 Å². The highest BCUT2D eigenvalue weighted by Gasteiger charge is 2.39. The number of hydrogen-bond donors (Lipinski definition) is 4. The number of nitrogens with zero attached hydrogens (tertiary/aromatic N) is 4. The topological polar surface area (TPSA) is 189 Å². The number of imidazole rings is 4. The smallest absolute Gasteiger partial charge is 0.172 e. The number of nitrogens with one attached hydrogen (secondary N) is 4. The van der Waals surface area contributed by atoms with Crippen molar-refractivity contribution >= 4 is 44.1 Å². The maximum atomic E-state index is 7.68. The van der Waals surface area contributed by atoms with Crippen LogP contribution in [0.5, 0.6) is 92.0 Å². The average Bonchev–Trinajstić information content (AvgIpc) is 1.56. The van der Waals surface area contributed by atoms with Crippen LogP contribution >= 0.6 is 0 Å². The summed E-state index contributed by atoms with van der Waals surface area (Å²) < 4.78 is 61.4. The Morgan fingerprint density at radius 1 is 0.192 bits per heavy atom. The second-order valence-electron chi connectivity index (χ2n) is 35.3. The van der Waals surface area contributed by atoms with Gasteiger partial charge in [0.05, 0.1) is 44.1 Å². The van der Waals surface area contributed by atoms with Gasteiger partial charge in [-0.05, 0) is 75.6 Å². The van der Waals surface area contributed by atoms with Gasteiger partial charge in [0.2, 0.25) is 0 Å². The van der Waals surface area contributed by atoms with Crippen LogP contribution in [0.15, 0.2) is 97.1 Å². The Labute approximate surface area is 710 Å². The van der Waals surface area contributed by atoms with E-state index in [-0.39, 0.29) is 23.7 Å². The summed E-state index contributed by atoms with van der Waals surface area (Å²) in [6.07, 6.45) is 45.7. The highest BCUT2D eigenvalue weighted by atomic mass is 16.5. The molecule has 1 aliphatic carbocycles. The summed E-state index contributed by atoms with van der Waals surface area (Å²) >= 11 is 0. The number of fused-ring (bicyclic) bond motifs is 8. The first-order valence-electron chi connectivity index (χ1n) is 47.3. The van der Waals surface area contributed by atoms with E-state index in [0.29, 0.717) is 118 Å². The first-order chi connectivity index (χ1) is 59.1. The van der Waals surface area contributed by atoms with E-state index in [9.17, 15) is 0 Å². The van der Waals surface area contributed by atoms with Crippen LogP contribution in [0.2, 0.25) is 0 Å². The third-order valence-electron chi connectivity index (χ3n) is 26.4. The fraction of sp³-hybridized carbons (Fsp3) is 0.500. The Morgan fingerprint density at radius 2 is 0.358 bits per heavy atom. The van der Waals surface area contributed by atoms with Crippen LogP contribution in [0, 0.1) is 0 Å². The molecular formula is C104H128N8O8. The highest BCUT2D eigenvalue weighted by Crippen LogP contribution is 2.60. The Bertz CT molecular complexity index is 4620. The lowest BCUT2D eigenvalue weighted by molar-refractivity contribution is 0.401. The average molecular weight is 1620 g/mol. The number of aromatic amines is 4. The Hall–Kier alpha value is -9.96. The molecule has 0 radical (unpaired) electrons. The van der Waals surface area contributed by atoms with Crippen molar-refractivity contribution in [3.63, 3.8) is 0 Å². The monoisotopic (exact) mass is 1620 g/mol. The summed E-state index contributed by atoms with van der Waals surface area (Å²) in [5.41, 5.74) is 14.7. The molecule has 8 aromatic carbocycles. The number of rotatable bonds is 40. The zero-order valence-corrected chi connectivity index (χ0v) is 72.9. The second kappa shape index (κ2) is 38.4. The maximum Gasteiger partial charge on any atom is 0.172 e. The lowest BCUT2D eigenvalue weighted by Gasteiger charge is -2.29. The summed E-state index contributed by atoms with van der Waals surface area (Å²) in [6, 6.07) is 34.8. The van der Waals surface area contributed by atoms with E-state index in [4.69, 9.17) is 57.8 Å². The summed E-state index contributed by atoms with van der Waals surface area (Å²) in [5, 5.41) is 0. The molecule has 120 heavy (non-hydrogen) atoms. The van der Waals surface area contributed by atoms with E-state index in [2.05, 4.69) is 172 Å². The molecule has 4 aromatic heterocycles. The molecule has 4 atom stereocenters. The standard InChI is InChI=1S/C104H128N8O8/c1-9-17-21-25-29-33-37-41-45-101-105-77-53-93-94(54-78(77)106-101)114-86-62-88-72-50-70(86)65(13-5)69-49-71-66(14-6)73-51-75-68(16-8)76-52-74(67(72)15-7)90(118-98-58-82-80(56-96(98)116-88)108-103(110-82)47-43-39-35-31-27-23-19-11-3)64-92(76)120-100-60-84-83(111-104(112-84)48-44-40-36-32-28-24-20-12-4)59-99(100)119-91(75)63-89(73)117-97-57-81-79(55-95(97)115-87(71)61-85(69)113-93)107-102(109-81)46-42-38-34-30-26-22-18-10-2/h49-68H,9-48H2,1-8H3,(H,105,106)(H,107,109)(H,108,110)(H,111,112). The van der Waals surface area contributed by atoms with E-state index < -0.39 is 0 Å². The van der Waals surface area contributed by atoms with Crippen molar-refractivity contribution in [3.8, 4) is 92.0 Å². The number of aromatic nitrogens is 8.